The average Bonchev–Trinajstić information content (AvgIpc) is 3.19. The fraction of sp³-hybridized carbons (Fsp3) is 0.444. The standard InChI is InChI=1S/C18H24FN5O3S.HI/c1-2-20-18(21-13-15-5-3-4-6-17(15)19)23-8-10-24(11-9-23)28(25,26)14-16-7-12-27-22-16;/h3-7,12H,2,8-11,13-14H2,1H3,(H,20,21);1H. The van der Waals surface area contributed by atoms with Crippen molar-refractivity contribution < 1.29 is 17.3 Å². The molecule has 0 atom stereocenters. The molecule has 0 spiro atoms. The minimum Gasteiger partial charge on any atom is -0.364 e. The van der Waals surface area contributed by atoms with Crippen LogP contribution in [0.1, 0.15) is 18.2 Å². The first-order chi connectivity index (χ1) is 13.5. The van der Waals surface area contributed by atoms with E-state index in [0.29, 0.717) is 49.9 Å². The zero-order valence-electron chi connectivity index (χ0n) is 16.1. The van der Waals surface area contributed by atoms with Gasteiger partial charge in [-0.1, -0.05) is 23.4 Å². The zero-order chi connectivity index (χ0) is 20.0. The van der Waals surface area contributed by atoms with Crippen LogP contribution in [0.5, 0.6) is 0 Å². The van der Waals surface area contributed by atoms with E-state index in [4.69, 9.17) is 4.52 Å². The summed E-state index contributed by atoms with van der Waals surface area (Å²) in [5, 5.41) is 6.87. The predicted molar refractivity (Wildman–Crippen MR) is 119 cm³/mol. The molecule has 0 amide bonds. The SMILES string of the molecule is CCNC(=NCc1ccccc1F)N1CCN(S(=O)(=O)Cc2ccon2)CC1.I. The summed E-state index contributed by atoms with van der Waals surface area (Å²) in [5.74, 6) is 0.190. The molecule has 160 valence electrons. The van der Waals surface area contributed by atoms with Crippen LogP contribution in [-0.2, 0) is 22.3 Å². The molecule has 3 rings (SSSR count). The lowest BCUT2D eigenvalue weighted by molar-refractivity contribution is 0.259. The van der Waals surface area contributed by atoms with E-state index in [9.17, 15) is 12.8 Å². The zero-order valence-corrected chi connectivity index (χ0v) is 19.3. The van der Waals surface area contributed by atoms with Crippen molar-refractivity contribution in [3.63, 3.8) is 0 Å². The van der Waals surface area contributed by atoms with Crippen molar-refractivity contribution in [3.05, 3.63) is 53.7 Å². The van der Waals surface area contributed by atoms with Crippen LogP contribution in [0.4, 0.5) is 4.39 Å². The van der Waals surface area contributed by atoms with E-state index in [0.717, 1.165) is 0 Å². The number of aromatic nitrogens is 1. The molecule has 29 heavy (non-hydrogen) atoms. The quantitative estimate of drug-likeness (QED) is 0.345. The van der Waals surface area contributed by atoms with Crippen molar-refractivity contribution >= 4 is 40.0 Å². The molecule has 1 aliphatic heterocycles. The summed E-state index contributed by atoms with van der Waals surface area (Å²) in [4.78, 5) is 6.51. The van der Waals surface area contributed by atoms with Crippen LogP contribution in [0.2, 0.25) is 0 Å². The maximum absolute atomic E-state index is 13.8. The number of hydrogen-bond donors (Lipinski definition) is 1. The predicted octanol–water partition coefficient (Wildman–Crippen LogP) is 2.04. The van der Waals surface area contributed by atoms with Crippen molar-refractivity contribution in [2.24, 2.45) is 4.99 Å². The van der Waals surface area contributed by atoms with E-state index >= 15 is 0 Å². The monoisotopic (exact) mass is 537 g/mol. The Kier molecular flexibility index (Phi) is 8.83. The second-order valence-corrected chi connectivity index (χ2v) is 8.36. The molecule has 0 aliphatic carbocycles. The van der Waals surface area contributed by atoms with Crippen molar-refractivity contribution in [2.45, 2.75) is 19.2 Å². The molecule has 2 heterocycles. The number of nitrogens with zero attached hydrogens (tertiary/aromatic N) is 4. The van der Waals surface area contributed by atoms with Gasteiger partial charge in [-0.15, -0.1) is 24.0 Å². The highest BCUT2D eigenvalue weighted by molar-refractivity contribution is 14.0. The number of aliphatic imine (C=N–C) groups is 1. The Morgan fingerprint density at radius 2 is 1.97 bits per heavy atom. The Bertz CT molecular complexity index is 900. The molecule has 0 bridgehead atoms. The lowest BCUT2D eigenvalue weighted by atomic mass is 10.2. The fourth-order valence-corrected chi connectivity index (χ4v) is 4.41. The maximum atomic E-state index is 13.8. The summed E-state index contributed by atoms with van der Waals surface area (Å²) in [7, 11) is -3.45. The van der Waals surface area contributed by atoms with Crippen LogP contribution in [0.25, 0.3) is 0 Å². The maximum Gasteiger partial charge on any atom is 0.220 e. The third kappa shape index (κ3) is 6.37. The van der Waals surface area contributed by atoms with Crippen LogP contribution in [0.3, 0.4) is 0 Å². The van der Waals surface area contributed by atoms with Crippen molar-refractivity contribution in [3.8, 4) is 0 Å². The lowest BCUT2D eigenvalue weighted by Gasteiger charge is -2.35. The Morgan fingerprint density at radius 3 is 2.59 bits per heavy atom. The summed E-state index contributed by atoms with van der Waals surface area (Å²) in [6.07, 6.45) is 1.36. The molecule has 0 saturated carbocycles. The van der Waals surface area contributed by atoms with Gasteiger partial charge in [0, 0.05) is 44.4 Å². The van der Waals surface area contributed by atoms with E-state index < -0.39 is 10.0 Å². The Morgan fingerprint density at radius 1 is 1.24 bits per heavy atom. The smallest absolute Gasteiger partial charge is 0.220 e. The molecule has 1 N–H and O–H groups in total. The van der Waals surface area contributed by atoms with Gasteiger partial charge in [-0.3, -0.25) is 0 Å². The number of benzene rings is 1. The molecular formula is C18H25FIN5O3S. The molecule has 1 aromatic carbocycles. The van der Waals surface area contributed by atoms with Crippen molar-refractivity contribution in [1.82, 2.24) is 19.7 Å². The molecule has 2 aromatic rings. The normalized spacial score (nSPS) is 15.8. The van der Waals surface area contributed by atoms with Gasteiger partial charge in [-0.25, -0.2) is 17.8 Å². The minimum atomic E-state index is -3.45. The van der Waals surface area contributed by atoms with E-state index in [1.807, 2.05) is 11.8 Å². The third-order valence-electron chi connectivity index (χ3n) is 4.44. The van der Waals surface area contributed by atoms with E-state index in [2.05, 4.69) is 15.5 Å². The number of guanidine groups is 1. The van der Waals surface area contributed by atoms with Gasteiger partial charge < -0.3 is 14.7 Å². The van der Waals surface area contributed by atoms with Gasteiger partial charge in [-0.05, 0) is 13.0 Å². The summed E-state index contributed by atoms with van der Waals surface area (Å²) < 4.78 is 45.1. The van der Waals surface area contributed by atoms with Gasteiger partial charge in [0.1, 0.15) is 17.8 Å². The van der Waals surface area contributed by atoms with Crippen molar-refractivity contribution in [2.75, 3.05) is 32.7 Å². The molecule has 1 saturated heterocycles. The van der Waals surface area contributed by atoms with Gasteiger partial charge in [0.25, 0.3) is 0 Å². The molecule has 11 heteroatoms. The van der Waals surface area contributed by atoms with Crippen LogP contribution in [0, 0.1) is 5.82 Å². The van der Waals surface area contributed by atoms with Gasteiger partial charge >= 0.3 is 0 Å². The van der Waals surface area contributed by atoms with E-state index in [1.54, 1.807) is 24.3 Å². The average molecular weight is 537 g/mol. The van der Waals surface area contributed by atoms with Gasteiger partial charge in [0.15, 0.2) is 5.96 Å². The Labute approximate surface area is 187 Å². The number of sulfonamides is 1. The highest BCUT2D eigenvalue weighted by atomic mass is 127. The van der Waals surface area contributed by atoms with Gasteiger partial charge in [-0.2, -0.15) is 4.31 Å². The molecule has 0 radical (unpaired) electrons. The number of hydrogen-bond acceptors (Lipinski definition) is 5. The van der Waals surface area contributed by atoms with E-state index in [1.165, 1.54) is 16.6 Å². The number of piperazine rings is 1. The van der Waals surface area contributed by atoms with Crippen LogP contribution in [-0.4, -0.2) is 61.5 Å². The molecule has 1 fully saturated rings. The van der Waals surface area contributed by atoms with Crippen LogP contribution in [0.15, 0.2) is 46.1 Å². The first kappa shape index (κ1) is 23.5. The first-order valence-corrected chi connectivity index (χ1v) is 10.7. The molecule has 0 unspecified atom stereocenters. The largest absolute Gasteiger partial charge is 0.364 e. The Balaban J connectivity index is 0.00000300. The fourth-order valence-electron chi connectivity index (χ4n) is 2.98. The second-order valence-electron chi connectivity index (χ2n) is 6.39. The van der Waals surface area contributed by atoms with Gasteiger partial charge in [0.2, 0.25) is 10.0 Å². The molecule has 1 aromatic heterocycles. The van der Waals surface area contributed by atoms with Crippen LogP contribution >= 0.6 is 24.0 Å². The van der Waals surface area contributed by atoms with Crippen LogP contribution < -0.4 is 5.32 Å². The Hall–Kier alpha value is -1.73. The lowest BCUT2D eigenvalue weighted by Crippen LogP contribution is -2.53. The number of rotatable bonds is 6. The van der Waals surface area contributed by atoms with E-state index in [-0.39, 0.29) is 42.1 Å². The molecule has 8 nitrogen and oxygen atoms in total. The second kappa shape index (κ2) is 10.9. The van der Waals surface area contributed by atoms with Gasteiger partial charge in [0.05, 0.1) is 12.2 Å². The molecule has 1 aliphatic rings. The first-order valence-electron chi connectivity index (χ1n) is 9.13. The topological polar surface area (TPSA) is 91.0 Å². The molecular weight excluding hydrogens is 512 g/mol. The summed E-state index contributed by atoms with van der Waals surface area (Å²) in [6, 6.07) is 8.09. The number of nitrogens with one attached hydrogen (secondary N) is 1. The third-order valence-corrected chi connectivity index (χ3v) is 6.26. The highest BCUT2D eigenvalue weighted by Crippen LogP contribution is 2.13. The summed E-state index contributed by atoms with van der Waals surface area (Å²) in [6.45, 7) is 4.55. The summed E-state index contributed by atoms with van der Waals surface area (Å²) >= 11 is 0. The minimum absolute atomic E-state index is 0. The summed E-state index contributed by atoms with van der Waals surface area (Å²) in [5.41, 5.74) is 0.911. The van der Waals surface area contributed by atoms with Crippen molar-refractivity contribution in [1.29, 1.82) is 0 Å². The highest BCUT2D eigenvalue weighted by Gasteiger charge is 2.29. The number of halogens is 2.